The Morgan fingerprint density at radius 3 is 2.69 bits per heavy atom. The zero-order valence-corrected chi connectivity index (χ0v) is 14.6. The molecule has 1 saturated heterocycles. The third-order valence-corrected chi connectivity index (χ3v) is 4.87. The second kappa shape index (κ2) is 6.76. The maximum absolute atomic E-state index is 12.7. The van der Waals surface area contributed by atoms with Gasteiger partial charge in [-0.25, -0.2) is 9.50 Å². The molecule has 4 rings (SSSR count). The number of rotatable bonds is 3. The van der Waals surface area contributed by atoms with E-state index in [1.165, 1.54) is 10.6 Å². The first-order chi connectivity index (χ1) is 12.6. The highest BCUT2D eigenvalue weighted by Crippen LogP contribution is 2.17. The average Bonchev–Trinajstić information content (AvgIpc) is 3.09. The summed E-state index contributed by atoms with van der Waals surface area (Å²) in [5.74, 6) is -0.199. The van der Waals surface area contributed by atoms with Crippen molar-refractivity contribution in [2.45, 2.75) is 18.9 Å². The van der Waals surface area contributed by atoms with Crippen LogP contribution in [-0.4, -0.2) is 51.6 Å². The summed E-state index contributed by atoms with van der Waals surface area (Å²) in [4.78, 5) is 31.9. The van der Waals surface area contributed by atoms with E-state index in [4.69, 9.17) is 0 Å². The van der Waals surface area contributed by atoms with Crippen LogP contribution in [0.4, 0.5) is 0 Å². The molecule has 0 spiro atoms. The largest absolute Gasteiger partial charge is 0.349 e. The number of nitrogens with one attached hydrogen (secondary N) is 2. The fourth-order valence-corrected chi connectivity index (χ4v) is 3.32. The number of carbonyl (C=O) groups is 1. The van der Waals surface area contributed by atoms with Crippen molar-refractivity contribution in [3.8, 4) is 11.3 Å². The Labute approximate surface area is 150 Å². The molecule has 0 radical (unpaired) electrons. The molecular formula is C19H21N5O2. The van der Waals surface area contributed by atoms with Crippen LogP contribution in [0.2, 0.25) is 0 Å². The van der Waals surface area contributed by atoms with Crippen LogP contribution in [-0.2, 0) is 0 Å². The van der Waals surface area contributed by atoms with Gasteiger partial charge < -0.3 is 10.2 Å². The van der Waals surface area contributed by atoms with Crippen molar-refractivity contribution >= 4 is 11.6 Å². The molecule has 134 valence electrons. The summed E-state index contributed by atoms with van der Waals surface area (Å²) in [6.45, 7) is 1.93. The minimum Gasteiger partial charge on any atom is -0.349 e. The molecule has 26 heavy (non-hydrogen) atoms. The highest BCUT2D eigenvalue weighted by atomic mass is 16.2. The van der Waals surface area contributed by atoms with Gasteiger partial charge in [-0.3, -0.25) is 14.7 Å². The molecule has 1 aliphatic rings. The minimum atomic E-state index is -0.243. The van der Waals surface area contributed by atoms with Gasteiger partial charge in [0.25, 0.3) is 11.5 Å². The molecule has 0 saturated carbocycles. The number of aromatic nitrogens is 3. The molecule has 0 unspecified atom stereocenters. The van der Waals surface area contributed by atoms with Crippen molar-refractivity contribution < 1.29 is 4.79 Å². The lowest BCUT2D eigenvalue weighted by Gasteiger charge is -2.29. The Bertz CT molecular complexity index is 984. The number of nitrogens with zero attached hydrogens (tertiary/aromatic N) is 3. The number of likely N-dealkylation sites (tertiary alicyclic amines) is 1. The van der Waals surface area contributed by atoms with Crippen LogP contribution in [0.1, 0.15) is 23.2 Å². The Kier molecular flexibility index (Phi) is 4.30. The molecule has 0 bridgehead atoms. The number of fused-ring (bicyclic) bond motifs is 1. The quantitative estimate of drug-likeness (QED) is 0.749. The van der Waals surface area contributed by atoms with Crippen LogP contribution in [0.3, 0.4) is 0 Å². The number of H-pyrrole nitrogens is 1. The lowest BCUT2D eigenvalue weighted by molar-refractivity contribution is 0.0918. The van der Waals surface area contributed by atoms with Gasteiger partial charge in [-0.05, 0) is 33.0 Å². The van der Waals surface area contributed by atoms with Crippen LogP contribution < -0.4 is 10.9 Å². The number of aromatic amines is 1. The normalized spacial score (nSPS) is 16.0. The highest BCUT2D eigenvalue weighted by molar-refractivity contribution is 6.00. The molecule has 7 nitrogen and oxygen atoms in total. The van der Waals surface area contributed by atoms with Crippen LogP contribution in [0.5, 0.6) is 0 Å². The van der Waals surface area contributed by atoms with Crippen molar-refractivity contribution in [2.24, 2.45) is 0 Å². The Morgan fingerprint density at radius 2 is 1.96 bits per heavy atom. The Balaban J connectivity index is 1.66. The third-order valence-electron chi connectivity index (χ3n) is 4.87. The summed E-state index contributed by atoms with van der Waals surface area (Å²) in [6.07, 6.45) is 3.39. The van der Waals surface area contributed by atoms with Gasteiger partial charge in [-0.1, -0.05) is 30.3 Å². The van der Waals surface area contributed by atoms with E-state index in [-0.39, 0.29) is 17.5 Å². The zero-order chi connectivity index (χ0) is 18.1. The molecule has 3 heterocycles. The predicted molar refractivity (Wildman–Crippen MR) is 99.2 cm³/mol. The summed E-state index contributed by atoms with van der Waals surface area (Å²) >= 11 is 0. The molecule has 1 fully saturated rings. The number of piperidine rings is 1. The maximum atomic E-state index is 12.7. The molecule has 1 aliphatic heterocycles. The number of hydrogen-bond donors (Lipinski definition) is 2. The van der Waals surface area contributed by atoms with Crippen molar-refractivity contribution in [1.82, 2.24) is 24.8 Å². The van der Waals surface area contributed by atoms with Gasteiger partial charge in [0.1, 0.15) is 5.56 Å². The number of amides is 1. The summed E-state index contributed by atoms with van der Waals surface area (Å²) in [5.41, 5.74) is 1.89. The van der Waals surface area contributed by atoms with Gasteiger partial charge in [-0.2, -0.15) is 0 Å². The fourth-order valence-electron chi connectivity index (χ4n) is 3.32. The summed E-state index contributed by atoms with van der Waals surface area (Å²) in [5, 5.41) is 5.90. The van der Waals surface area contributed by atoms with E-state index in [9.17, 15) is 9.59 Å². The molecular weight excluding hydrogens is 330 g/mol. The fraction of sp³-hybridized carbons (Fsp3) is 0.316. The highest BCUT2D eigenvalue weighted by Gasteiger charge is 2.22. The second-order valence-corrected chi connectivity index (χ2v) is 6.74. The van der Waals surface area contributed by atoms with Gasteiger partial charge in [-0.15, -0.1) is 0 Å². The number of carbonyl (C=O) groups excluding carboxylic acids is 1. The van der Waals surface area contributed by atoms with Crippen molar-refractivity contribution in [1.29, 1.82) is 0 Å². The van der Waals surface area contributed by atoms with Crippen LogP contribution >= 0.6 is 0 Å². The van der Waals surface area contributed by atoms with Gasteiger partial charge in [0.15, 0.2) is 5.65 Å². The first-order valence-electron chi connectivity index (χ1n) is 8.78. The minimum absolute atomic E-state index is 0.151. The standard InChI is InChI=1S/C19H21N5O2/c1-23-9-7-14(8-10-23)21-19(26)15-12-20-24-17(25)11-16(22-18(15)24)13-5-3-2-4-6-13/h2-6,11-12,14,20H,7-10H2,1H3,(H,21,26). The van der Waals surface area contributed by atoms with Gasteiger partial charge in [0, 0.05) is 23.9 Å². The summed E-state index contributed by atoms with van der Waals surface area (Å²) in [7, 11) is 2.08. The van der Waals surface area contributed by atoms with E-state index in [0.717, 1.165) is 31.5 Å². The predicted octanol–water partition coefficient (Wildman–Crippen LogP) is 1.51. The SMILES string of the molecule is CN1CCC(NC(=O)c2c[nH]n3c(=O)cc(-c4ccccc4)nc23)CC1. The lowest BCUT2D eigenvalue weighted by Crippen LogP contribution is -2.43. The monoisotopic (exact) mass is 351 g/mol. The third kappa shape index (κ3) is 3.13. The molecule has 1 amide bonds. The molecule has 2 aromatic heterocycles. The van der Waals surface area contributed by atoms with E-state index < -0.39 is 0 Å². The second-order valence-electron chi connectivity index (χ2n) is 6.74. The maximum Gasteiger partial charge on any atom is 0.273 e. The van der Waals surface area contributed by atoms with Gasteiger partial charge in [0.05, 0.1) is 5.69 Å². The van der Waals surface area contributed by atoms with Crippen molar-refractivity contribution in [3.63, 3.8) is 0 Å². The molecule has 2 N–H and O–H groups in total. The van der Waals surface area contributed by atoms with E-state index in [2.05, 4.69) is 27.3 Å². The smallest absolute Gasteiger partial charge is 0.273 e. The first kappa shape index (κ1) is 16.5. The molecule has 1 aromatic carbocycles. The summed E-state index contributed by atoms with van der Waals surface area (Å²) < 4.78 is 1.30. The Morgan fingerprint density at radius 1 is 1.23 bits per heavy atom. The van der Waals surface area contributed by atoms with Crippen LogP contribution in [0, 0.1) is 0 Å². The number of hydrogen-bond acceptors (Lipinski definition) is 4. The molecule has 3 aromatic rings. The summed E-state index contributed by atoms with van der Waals surface area (Å²) in [6, 6.07) is 11.1. The molecule has 7 heteroatoms. The zero-order valence-electron chi connectivity index (χ0n) is 14.6. The lowest BCUT2D eigenvalue weighted by atomic mass is 10.1. The van der Waals surface area contributed by atoms with Crippen molar-refractivity contribution in [2.75, 3.05) is 20.1 Å². The Hall–Kier alpha value is -2.93. The van der Waals surface area contributed by atoms with Crippen molar-refractivity contribution in [3.05, 3.63) is 58.5 Å². The van der Waals surface area contributed by atoms with Crippen LogP contribution in [0.15, 0.2) is 47.4 Å². The van der Waals surface area contributed by atoms with Gasteiger partial charge >= 0.3 is 0 Å². The van der Waals surface area contributed by atoms with Gasteiger partial charge in [0.2, 0.25) is 0 Å². The molecule has 0 atom stereocenters. The van der Waals surface area contributed by atoms with E-state index in [1.54, 1.807) is 6.20 Å². The van der Waals surface area contributed by atoms with E-state index in [1.807, 2.05) is 30.3 Å². The van der Waals surface area contributed by atoms with E-state index >= 15 is 0 Å². The van der Waals surface area contributed by atoms with Crippen LogP contribution in [0.25, 0.3) is 16.9 Å². The molecule has 0 aliphatic carbocycles. The number of benzene rings is 1. The van der Waals surface area contributed by atoms with E-state index in [0.29, 0.717) is 16.9 Å². The average molecular weight is 351 g/mol. The first-order valence-corrected chi connectivity index (χ1v) is 8.78. The topological polar surface area (TPSA) is 82.5 Å².